The van der Waals surface area contributed by atoms with E-state index in [9.17, 15) is 4.79 Å². The van der Waals surface area contributed by atoms with Crippen molar-refractivity contribution >= 4 is 34.7 Å². The third-order valence-electron chi connectivity index (χ3n) is 1.30. The molecule has 0 saturated heterocycles. The zero-order valence-corrected chi connectivity index (χ0v) is 8.51. The molecule has 1 rings (SSSR count). The molecule has 0 bridgehead atoms. The van der Waals surface area contributed by atoms with E-state index in [1.165, 1.54) is 11.3 Å². The van der Waals surface area contributed by atoms with Gasteiger partial charge in [0.2, 0.25) is 0 Å². The molecule has 68 valence electrons. The Morgan fingerprint density at radius 2 is 2.08 bits per heavy atom. The first-order valence-electron chi connectivity index (χ1n) is 3.27. The van der Waals surface area contributed by atoms with Gasteiger partial charge >= 0.3 is 0 Å². The fourth-order valence-corrected chi connectivity index (χ4v) is 1.52. The van der Waals surface area contributed by atoms with E-state index in [1.54, 1.807) is 13.1 Å². The van der Waals surface area contributed by atoms with Crippen LogP contribution in [0.2, 0.25) is 0 Å². The van der Waals surface area contributed by atoms with Crippen molar-refractivity contribution in [3.05, 3.63) is 17.0 Å². The molecule has 0 aromatic carbocycles. The number of amides is 1. The summed E-state index contributed by atoms with van der Waals surface area (Å²) in [6.07, 6.45) is 0. The van der Waals surface area contributed by atoms with Gasteiger partial charge in [-0.15, -0.1) is 23.7 Å². The molecule has 1 heterocycles. The Morgan fingerprint density at radius 3 is 2.50 bits per heavy atom. The molecular formula is C7H11ClN2OS. The number of rotatable bonds is 2. The van der Waals surface area contributed by atoms with E-state index >= 15 is 0 Å². The summed E-state index contributed by atoms with van der Waals surface area (Å²) in [6, 6.07) is 3.69. The molecule has 0 aliphatic heterocycles. The molecule has 0 saturated carbocycles. The molecule has 0 unspecified atom stereocenters. The molecular weight excluding hydrogens is 196 g/mol. The van der Waals surface area contributed by atoms with Gasteiger partial charge in [0.25, 0.3) is 5.91 Å². The van der Waals surface area contributed by atoms with Gasteiger partial charge in [-0.25, -0.2) is 0 Å². The average molecular weight is 207 g/mol. The van der Waals surface area contributed by atoms with Crippen molar-refractivity contribution in [1.29, 1.82) is 0 Å². The Hall–Kier alpha value is -0.740. The van der Waals surface area contributed by atoms with Gasteiger partial charge < -0.3 is 10.6 Å². The second kappa shape index (κ2) is 5.00. The zero-order valence-electron chi connectivity index (χ0n) is 6.88. The Kier molecular flexibility index (Phi) is 4.70. The highest BCUT2D eigenvalue weighted by Crippen LogP contribution is 2.20. The van der Waals surface area contributed by atoms with E-state index in [0.29, 0.717) is 0 Å². The number of carbonyl (C=O) groups is 1. The highest BCUT2D eigenvalue weighted by molar-refractivity contribution is 7.17. The smallest absolute Gasteiger partial charge is 0.261 e. The molecule has 0 aliphatic carbocycles. The van der Waals surface area contributed by atoms with Crippen molar-refractivity contribution in [3.63, 3.8) is 0 Å². The van der Waals surface area contributed by atoms with E-state index in [1.807, 2.05) is 13.1 Å². The van der Waals surface area contributed by atoms with Crippen molar-refractivity contribution in [1.82, 2.24) is 5.32 Å². The zero-order chi connectivity index (χ0) is 8.27. The van der Waals surface area contributed by atoms with E-state index < -0.39 is 0 Å². The van der Waals surface area contributed by atoms with E-state index in [4.69, 9.17) is 0 Å². The molecule has 1 aromatic heterocycles. The molecule has 1 amide bonds. The minimum absolute atomic E-state index is 0. The molecule has 0 spiro atoms. The van der Waals surface area contributed by atoms with Crippen LogP contribution in [-0.4, -0.2) is 20.0 Å². The number of thiophene rings is 1. The number of anilines is 1. The topological polar surface area (TPSA) is 41.1 Å². The number of hydrogen-bond donors (Lipinski definition) is 2. The van der Waals surface area contributed by atoms with Crippen LogP contribution in [0.3, 0.4) is 0 Å². The van der Waals surface area contributed by atoms with E-state index in [-0.39, 0.29) is 18.3 Å². The fourth-order valence-electron chi connectivity index (χ4n) is 0.717. The lowest BCUT2D eigenvalue weighted by Gasteiger charge is -1.92. The second-order valence-corrected chi connectivity index (χ2v) is 3.08. The van der Waals surface area contributed by atoms with Gasteiger partial charge in [0, 0.05) is 14.1 Å². The molecule has 5 heteroatoms. The molecule has 2 N–H and O–H groups in total. The Bertz CT molecular complexity index is 262. The summed E-state index contributed by atoms with van der Waals surface area (Å²) in [5.41, 5.74) is 0. The molecule has 0 atom stereocenters. The van der Waals surface area contributed by atoms with Gasteiger partial charge in [0.15, 0.2) is 0 Å². The van der Waals surface area contributed by atoms with E-state index in [0.717, 1.165) is 9.88 Å². The van der Waals surface area contributed by atoms with Crippen LogP contribution >= 0.6 is 23.7 Å². The van der Waals surface area contributed by atoms with Crippen LogP contribution in [0.25, 0.3) is 0 Å². The minimum atomic E-state index is -0.0310. The van der Waals surface area contributed by atoms with Crippen molar-refractivity contribution in [3.8, 4) is 0 Å². The molecule has 0 aliphatic rings. The molecule has 1 aromatic rings. The van der Waals surface area contributed by atoms with Crippen LogP contribution in [0.5, 0.6) is 0 Å². The van der Waals surface area contributed by atoms with Gasteiger partial charge in [-0.1, -0.05) is 0 Å². The maximum absolute atomic E-state index is 11.0. The van der Waals surface area contributed by atoms with Crippen LogP contribution in [0.1, 0.15) is 9.67 Å². The van der Waals surface area contributed by atoms with Crippen LogP contribution < -0.4 is 10.6 Å². The first-order valence-corrected chi connectivity index (χ1v) is 4.09. The van der Waals surface area contributed by atoms with E-state index in [2.05, 4.69) is 10.6 Å². The Balaban J connectivity index is 0.00000121. The van der Waals surface area contributed by atoms with Crippen LogP contribution in [0.4, 0.5) is 5.00 Å². The summed E-state index contributed by atoms with van der Waals surface area (Å²) in [5, 5.41) is 6.53. The van der Waals surface area contributed by atoms with Crippen molar-refractivity contribution in [2.45, 2.75) is 0 Å². The maximum atomic E-state index is 11.0. The lowest BCUT2D eigenvalue weighted by molar-refractivity contribution is 0.0967. The average Bonchev–Trinajstić information content (AvgIpc) is 2.50. The lowest BCUT2D eigenvalue weighted by atomic mass is 10.4. The molecule has 0 radical (unpaired) electrons. The number of halogens is 1. The first-order chi connectivity index (χ1) is 5.27. The Labute approximate surface area is 81.6 Å². The third-order valence-corrected chi connectivity index (χ3v) is 2.40. The standard InChI is InChI=1S/C7H10N2OS.ClH/c1-8-6-4-3-5(11-6)7(10)9-2;/h3-4,8H,1-2H3,(H,9,10);1H. The van der Waals surface area contributed by atoms with Crippen LogP contribution in [-0.2, 0) is 0 Å². The Morgan fingerprint density at radius 1 is 1.42 bits per heavy atom. The SMILES string of the molecule is CNC(=O)c1ccc(NC)s1.Cl. The van der Waals surface area contributed by atoms with Crippen molar-refractivity contribution < 1.29 is 4.79 Å². The largest absolute Gasteiger partial charge is 0.380 e. The van der Waals surface area contributed by atoms with Gasteiger partial charge in [-0.05, 0) is 12.1 Å². The predicted molar refractivity (Wildman–Crippen MR) is 54.5 cm³/mol. The lowest BCUT2D eigenvalue weighted by Crippen LogP contribution is -2.15. The monoisotopic (exact) mass is 206 g/mol. The first kappa shape index (κ1) is 11.3. The van der Waals surface area contributed by atoms with Crippen molar-refractivity contribution in [2.75, 3.05) is 19.4 Å². The summed E-state index contributed by atoms with van der Waals surface area (Å²) in [6.45, 7) is 0. The highest BCUT2D eigenvalue weighted by atomic mass is 35.5. The summed E-state index contributed by atoms with van der Waals surface area (Å²) in [4.78, 5) is 11.7. The number of nitrogens with one attached hydrogen (secondary N) is 2. The quantitative estimate of drug-likeness (QED) is 0.772. The number of carbonyl (C=O) groups excluding carboxylic acids is 1. The van der Waals surface area contributed by atoms with Gasteiger partial charge in [0.05, 0.1) is 9.88 Å². The van der Waals surface area contributed by atoms with Gasteiger partial charge in [-0.2, -0.15) is 0 Å². The summed E-state index contributed by atoms with van der Waals surface area (Å²) in [7, 11) is 3.46. The van der Waals surface area contributed by atoms with Crippen LogP contribution in [0, 0.1) is 0 Å². The molecule has 0 fully saturated rings. The van der Waals surface area contributed by atoms with Crippen LogP contribution in [0.15, 0.2) is 12.1 Å². The number of hydrogen-bond acceptors (Lipinski definition) is 3. The maximum Gasteiger partial charge on any atom is 0.261 e. The third kappa shape index (κ3) is 2.39. The molecule has 3 nitrogen and oxygen atoms in total. The summed E-state index contributed by atoms with van der Waals surface area (Å²) in [5.74, 6) is -0.0310. The van der Waals surface area contributed by atoms with Gasteiger partial charge in [-0.3, -0.25) is 4.79 Å². The van der Waals surface area contributed by atoms with Gasteiger partial charge in [0.1, 0.15) is 0 Å². The fraction of sp³-hybridized carbons (Fsp3) is 0.286. The second-order valence-electron chi connectivity index (χ2n) is 1.99. The summed E-state index contributed by atoms with van der Waals surface area (Å²) < 4.78 is 0. The molecule has 12 heavy (non-hydrogen) atoms. The minimum Gasteiger partial charge on any atom is -0.380 e. The van der Waals surface area contributed by atoms with Crippen molar-refractivity contribution in [2.24, 2.45) is 0 Å². The normalized spacial score (nSPS) is 8.50. The predicted octanol–water partition coefficient (Wildman–Crippen LogP) is 1.57. The highest BCUT2D eigenvalue weighted by Gasteiger charge is 2.04. The summed E-state index contributed by atoms with van der Waals surface area (Å²) >= 11 is 1.44.